The molecule has 0 saturated heterocycles. The molecule has 39 heavy (non-hydrogen) atoms. The largest absolute Gasteiger partial charge is 0.439 e. The number of amides is 2. The summed E-state index contributed by atoms with van der Waals surface area (Å²) < 4.78 is 4.58. The average molecular weight is 521 g/mol. The molecule has 0 radical (unpaired) electrons. The molecule has 194 valence electrons. The molecule has 4 N–H and O–H groups in total. The normalized spacial score (nSPS) is 10.9. The van der Waals surface area contributed by atoms with Crippen LogP contribution >= 0.6 is 0 Å². The van der Waals surface area contributed by atoms with E-state index < -0.39 is 11.7 Å². The van der Waals surface area contributed by atoms with E-state index in [9.17, 15) is 19.6 Å². The predicted molar refractivity (Wildman–Crippen MR) is 146 cm³/mol. The van der Waals surface area contributed by atoms with Gasteiger partial charge >= 0.3 is 5.76 Å². The monoisotopic (exact) mass is 520 g/mol. The Morgan fingerprint density at radius 2 is 1.79 bits per heavy atom. The standard InChI is InChI=1S/C29H24N6O4/c1-16(2)19-9-6-17(7-10-19)13-25(36)31-23-5-3-4-20-14-24(32-26(20)23)28(37)33-22-11-8-18(15-30)12-21(22)27-34-29(38)39-35-27/h3-12,14,16,32H,13H2,1-2H3,(H,31,36)(H,33,37)(H,34,35,38). The molecule has 0 unspecified atom stereocenters. The van der Waals surface area contributed by atoms with Crippen molar-refractivity contribution in [1.82, 2.24) is 15.1 Å². The molecule has 0 aliphatic carbocycles. The fourth-order valence-electron chi connectivity index (χ4n) is 4.24. The molecule has 2 heterocycles. The number of H-pyrrole nitrogens is 2. The predicted octanol–water partition coefficient (Wildman–Crippen LogP) is 4.94. The third-order valence-corrected chi connectivity index (χ3v) is 6.28. The van der Waals surface area contributed by atoms with Crippen molar-refractivity contribution in [3.8, 4) is 17.5 Å². The van der Waals surface area contributed by atoms with Gasteiger partial charge in [-0.25, -0.2) is 4.79 Å². The van der Waals surface area contributed by atoms with Gasteiger partial charge in [-0.15, -0.1) is 0 Å². The van der Waals surface area contributed by atoms with Crippen molar-refractivity contribution in [2.45, 2.75) is 26.2 Å². The fraction of sp³-hybridized carbons (Fsp3) is 0.138. The van der Waals surface area contributed by atoms with Gasteiger partial charge in [0.1, 0.15) is 5.69 Å². The third-order valence-electron chi connectivity index (χ3n) is 6.28. The number of para-hydroxylation sites is 1. The summed E-state index contributed by atoms with van der Waals surface area (Å²) in [5.74, 6) is -0.912. The average Bonchev–Trinajstić information content (AvgIpc) is 3.56. The molecule has 5 aromatic rings. The highest BCUT2D eigenvalue weighted by Crippen LogP contribution is 2.28. The van der Waals surface area contributed by atoms with Crippen molar-refractivity contribution >= 4 is 34.1 Å². The summed E-state index contributed by atoms with van der Waals surface area (Å²) in [6, 6.07) is 21.6. The van der Waals surface area contributed by atoms with E-state index in [0.29, 0.717) is 33.9 Å². The first kappa shape index (κ1) is 25.2. The first-order valence-electron chi connectivity index (χ1n) is 12.2. The number of nitrogens with one attached hydrogen (secondary N) is 4. The highest BCUT2D eigenvalue weighted by molar-refractivity contribution is 6.09. The minimum Gasteiger partial charge on any atom is -0.349 e. The topological polar surface area (TPSA) is 157 Å². The van der Waals surface area contributed by atoms with E-state index in [1.807, 2.05) is 36.4 Å². The molecular formula is C29H24N6O4. The number of nitrogens with zero attached hydrogens (tertiary/aromatic N) is 2. The molecule has 0 fully saturated rings. The number of fused-ring (bicyclic) bond motifs is 1. The molecule has 0 aliphatic rings. The first-order valence-corrected chi connectivity index (χ1v) is 12.2. The third kappa shape index (κ3) is 5.47. The van der Waals surface area contributed by atoms with Crippen LogP contribution in [0.5, 0.6) is 0 Å². The van der Waals surface area contributed by atoms with Crippen LogP contribution in [-0.2, 0) is 11.2 Å². The van der Waals surface area contributed by atoms with Crippen LogP contribution in [-0.4, -0.2) is 26.9 Å². The second-order valence-electron chi connectivity index (χ2n) is 9.34. The summed E-state index contributed by atoms with van der Waals surface area (Å²) in [5.41, 5.74) is 4.47. The van der Waals surface area contributed by atoms with E-state index in [0.717, 1.165) is 10.9 Å². The van der Waals surface area contributed by atoms with Gasteiger partial charge < -0.3 is 15.6 Å². The molecule has 10 nitrogen and oxygen atoms in total. The van der Waals surface area contributed by atoms with Crippen LogP contribution in [0.4, 0.5) is 11.4 Å². The van der Waals surface area contributed by atoms with Crippen molar-refractivity contribution in [3.63, 3.8) is 0 Å². The fourth-order valence-corrected chi connectivity index (χ4v) is 4.24. The van der Waals surface area contributed by atoms with Gasteiger partial charge in [0.25, 0.3) is 5.91 Å². The second kappa shape index (κ2) is 10.5. The van der Waals surface area contributed by atoms with Crippen LogP contribution < -0.4 is 16.4 Å². The SMILES string of the molecule is CC(C)c1ccc(CC(=O)Nc2cccc3cc(C(=O)Nc4ccc(C#N)cc4-c4noc(=O)[nH]4)[nH]c23)cc1. The van der Waals surface area contributed by atoms with E-state index in [1.54, 1.807) is 24.3 Å². The molecular weight excluding hydrogens is 496 g/mol. The highest BCUT2D eigenvalue weighted by atomic mass is 16.5. The summed E-state index contributed by atoms with van der Waals surface area (Å²) >= 11 is 0. The van der Waals surface area contributed by atoms with Crippen molar-refractivity contribution in [2.75, 3.05) is 10.6 Å². The Morgan fingerprint density at radius 3 is 2.49 bits per heavy atom. The van der Waals surface area contributed by atoms with Gasteiger partial charge in [0.05, 0.1) is 34.9 Å². The second-order valence-corrected chi connectivity index (χ2v) is 9.34. The molecule has 10 heteroatoms. The lowest BCUT2D eigenvalue weighted by Crippen LogP contribution is -2.15. The van der Waals surface area contributed by atoms with Gasteiger partial charge in [0.2, 0.25) is 5.91 Å². The van der Waals surface area contributed by atoms with Crippen LogP contribution in [0.15, 0.2) is 76.0 Å². The van der Waals surface area contributed by atoms with Gasteiger partial charge in [0.15, 0.2) is 5.82 Å². The number of hydrogen-bond acceptors (Lipinski definition) is 6. The van der Waals surface area contributed by atoms with Gasteiger partial charge in [0, 0.05) is 10.9 Å². The van der Waals surface area contributed by atoms with Crippen LogP contribution in [0.1, 0.15) is 46.9 Å². The Labute approximate surface area is 222 Å². The Hall–Kier alpha value is -5.43. The number of aromatic amines is 2. The Morgan fingerprint density at radius 1 is 1.00 bits per heavy atom. The molecule has 0 bridgehead atoms. The molecule has 2 aromatic heterocycles. The summed E-state index contributed by atoms with van der Waals surface area (Å²) in [6.45, 7) is 4.24. The maximum Gasteiger partial charge on any atom is 0.439 e. The number of benzene rings is 3. The Balaban J connectivity index is 1.36. The van der Waals surface area contributed by atoms with Crippen molar-refractivity contribution < 1.29 is 14.1 Å². The highest BCUT2D eigenvalue weighted by Gasteiger charge is 2.17. The van der Waals surface area contributed by atoms with Gasteiger partial charge in [-0.3, -0.25) is 19.1 Å². The Kier molecular flexibility index (Phi) is 6.80. The Bertz CT molecular complexity index is 1790. The summed E-state index contributed by atoms with van der Waals surface area (Å²) in [4.78, 5) is 42.9. The van der Waals surface area contributed by atoms with E-state index in [1.165, 1.54) is 17.7 Å². The number of nitriles is 1. The van der Waals surface area contributed by atoms with Crippen LogP contribution in [0.3, 0.4) is 0 Å². The minimum absolute atomic E-state index is 0.0768. The molecule has 3 aromatic carbocycles. The number of anilines is 2. The molecule has 2 amide bonds. The number of carbonyl (C=O) groups excluding carboxylic acids is 2. The lowest BCUT2D eigenvalue weighted by molar-refractivity contribution is -0.115. The maximum absolute atomic E-state index is 13.2. The van der Waals surface area contributed by atoms with Crippen molar-refractivity contribution in [1.29, 1.82) is 5.26 Å². The zero-order valence-electron chi connectivity index (χ0n) is 21.2. The van der Waals surface area contributed by atoms with E-state index in [2.05, 4.69) is 44.1 Å². The maximum atomic E-state index is 13.2. The molecule has 0 spiro atoms. The number of hydrogen-bond donors (Lipinski definition) is 4. The van der Waals surface area contributed by atoms with E-state index >= 15 is 0 Å². The minimum atomic E-state index is -0.762. The first-order chi connectivity index (χ1) is 18.8. The number of aromatic nitrogens is 3. The van der Waals surface area contributed by atoms with Gasteiger partial charge in [-0.1, -0.05) is 55.4 Å². The summed E-state index contributed by atoms with van der Waals surface area (Å²) in [5, 5.41) is 19.4. The number of carbonyl (C=O) groups is 2. The van der Waals surface area contributed by atoms with Gasteiger partial charge in [-0.05, 0) is 47.4 Å². The van der Waals surface area contributed by atoms with Crippen LogP contribution in [0.25, 0.3) is 22.3 Å². The zero-order valence-corrected chi connectivity index (χ0v) is 21.2. The molecule has 0 saturated carbocycles. The number of rotatable bonds is 7. The molecule has 5 rings (SSSR count). The van der Waals surface area contributed by atoms with E-state index in [-0.39, 0.29) is 23.8 Å². The summed E-state index contributed by atoms with van der Waals surface area (Å²) in [6.07, 6.45) is 0.217. The van der Waals surface area contributed by atoms with Crippen molar-refractivity contribution in [2.24, 2.45) is 0 Å². The lowest BCUT2D eigenvalue weighted by Gasteiger charge is -2.09. The zero-order chi connectivity index (χ0) is 27.5. The van der Waals surface area contributed by atoms with Crippen LogP contribution in [0.2, 0.25) is 0 Å². The van der Waals surface area contributed by atoms with E-state index in [4.69, 9.17) is 0 Å². The van der Waals surface area contributed by atoms with Crippen LogP contribution in [0, 0.1) is 11.3 Å². The molecule has 0 aliphatic heterocycles. The summed E-state index contributed by atoms with van der Waals surface area (Å²) in [7, 11) is 0. The molecule has 0 atom stereocenters. The quantitative estimate of drug-likeness (QED) is 0.238. The van der Waals surface area contributed by atoms with Crippen molar-refractivity contribution in [3.05, 3.63) is 99.7 Å². The lowest BCUT2D eigenvalue weighted by atomic mass is 10.0. The van der Waals surface area contributed by atoms with Gasteiger partial charge in [-0.2, -0.15) is 5.26 Å². The smallest absolute Gasteiger partial charge is 0.349 e.